The van der Waals surface area contributed by atoms with Crippen LogP contribution in [0.3, 0.4) is 0 Å². The molecular formula is C15H24N4O4S. The average molecular weight is 356 g/mol. The maximum absolute atomic E-state index is 12.7. The maximum Gasteiger partial charge on any atom is 0.265 e. The van der Waals surface area contributed by atoms with Gasteiger partial charge in [-0.15, -0.1) is 0 Å². The molecule has 2 saturated heterocycles. The maximum atomic E-state index is 12.7. The van der Waals surface area contributed by atoms with Gasteiger partial charge in [-0.2, -0.15) is 4.31 Å². The fourth-order valence-electron chi connectivity index (χ4n) is 3.30. The Hall–Kier alpha value is -1.42. The summed E-state index contributed by atoms with van der Waals surface area (Å²) in [5, 5.41) is 0. The standard InChI is InChI=1S/C15H24N4O4S/c1-17-11-13(9-14(17)15(16)20)24(21,22)19-6-4-18(5-7-19)10-12-3-2-8-23-12/h9,11-12H,2-8,10H2,1H3,(H2,16,20). The van der Waals surface area contributed by atoms with Gasteiger partial charge in [0.25, 0.3) is 5.91 Å². The number of carbonyl (C=O) groups is 1. The zero-order chi connectivity index (χ0) is 17.3. The Morgan fingerprint density at radius 1 is 1.33 bits per heavy atom. The van der Waals surface area contributed by atoms with Gasteiger partial charge in [0.2, 0.25) is 10.0 Å². The number of sulfonamides is 1. The van der Waals surface area contributed by atoms with Gasteiger partial charge in [0.15, 0.2) is 0 Å². The van der Waals surface area contributed by atoms with Crippen LogP contribution in [0.25, 0.3) is 0 Å². The summed E-state index contributed by atoms with van der Waals surface area (Å²) in [6.07, 6.45) is 3.90. The highest BCUT2D eigenvalue weighted by Gasteiger charge is 2.31. The normalized spacial score (nSPS) is 23.6. The lowest BCUT2D eigenvalue weighted by Gasteiger charge is -2.34. The van der Waals surface area contributed by atoms with Crippen LogP contribution in [0, 0.1) is 0 Å². The van der Waals surface area contributed by atoms with Crippen LogP contribution in [-0.4, -0.2) is 73.5 Å². The molecule has 1 aromatic rings. The molecule has 134 valence electrons. The van der Waals surface area contributed by atoms with E-state index in [0.717, 1.165) is 26.0 Å². The molecule has 0 saturated carbocycles. The highest BCUT2D eigenvalue weighted by Crippen LogP contribution is 2.21. The van der Waals surface area contributed by atoms with Crippen molar-refractivity contribution in [3.8, 4) is 0 Å². The Morgan fingerprint density at radius 2 is 2.04 bits per heavy atom. The molecule has 1 aromatic heterocycles. The smallest absolute Gasteiger partial charge is 0.265 e. The summed E-state index contributed by atoms with van der Waals surface area (Å²) in [6, 6.07) is 1.34. The van der Waals surface area contributed by atoms with E-state index < -0.39 is 15.9 Å². The third-order valence-corrected chi connectivity index (χ3v) is 6.55. The summed E-state index contributed by atoms with van der Waals surface area (Å²) in [5.41, 5.74) is 5.44. The van der Waals surface area contributed by atoms with Crippen molar-refractivity contribution in [2.75, 3.05) is 39.3 Å². The largest absolute Gasteiger partial charge is 0.377 e. The predicted molar refractivity (Wildman–Crippen MR) is 88.1 cm³/mol. The molecule has 2 N–H and O–H groups in total. The second-order valence-electron chi connectivity index (χ2n) is 6.38. The number of amides is 1. The number of hydrogen-bond donors (Lipinski definition) is 1. The second-order valence-corrected chi connectivity index (χ2v) is 8.31. The van der Waals surface area contributed by atoms with Gasteiger partial charge in [0.05, 0.1) is 6.10 Å². The Kier molecular flexibility index (Phi) is 4.95. The summed E-state index contributed by atoms with van der Waals surface area (Å²) in [5.74, 6) is -0.639. The molecule has 0 bridgehead atoms. The van der Waals surface area contributed by atoms with Crippen molar-refractivity contribution < 1.29 is 17.9 Å². The SMILES string of the molecule is Cn1cc(S(=O)(=O)N2CCN(CC3CCCO3)CC2)cc1C(N)=O. The number of hydrogen-bond acceptors (Lipinski definition) is 5. The summed E-state index contributed by atoms with van der Waals surface area (Å²) in [6.45, 7) is 3.95. The van der Waals surface area contributed by atoms with E-state index in [0.29, 0.717) is 26.2 Å². The van der Waals surface area contributed by atoms with Crippen molar-refractivity contribution in [3.05, 3.63) is 18.0 Å². The van der Waals surface area contributed by atoms with E-state index in [1.165, 1.54) is 21.1 Å². The van der Waals surface area contributed by atoms with Crippen molar-refractivity contribution in [1.82, 2.24) is 13.8 Å². The van der Waals surface area contributed by atoms with E-state index in [-0.39, 0.29) is 16.7 Å². The topological polar surface area (TPSA) is 97.9 Å². The van der Waals surface area contributed by atoms with Gasteiger partial charge in [0.1, 0.15) is 10.6 Å². The summed E-state index contributed by atoms with van der Waals surface area (Å²) in [7, 11) is -1.99. The Labute approximate surface area is 142 Å². The van der Waals surface area contributed by atoms with Gasteiger partial charge >= 0.3 is 0 Å². The first kappa shape index (κ1) is 17.4. The molecule has 24 heavy (non-hydrogen) atoms. The Balaban J connectivity index is 1.64. The van der Waals surface area contributed by atoms with Gasteiger partial charge in [0, 0.05) is 52.6 Å². The molecule has 2 aliphatic heterocycles. The van der Waals surface area contributed by atoms with Crippen LogP contribution in [0.5, 0.6) is 0 Å². The van der Waals surface area contributed by atoms with Gasteiger partial charge in [-0.25, -0.2) is 8.42 Å². The van der Waals surface area contributed by atoms with Crippen molar-refractivity contribution in [2.45, 2.75) is 23.8 Å². The first-order valence-electron chi connectivity index (χ1n) is 8.18. The number of aromatic nitrogens is 1. The van der Waals surface area contributed by atoms with Crippen LogP contribution in [0.4, 0.5) is 0 Å². The third-order valence-electron chi connectivity index (χ3n) is 4.69. The highest BCUT2D eigenvalue weighted by molar-refractivity contribution is 7.89. The van der Waals surface area contributed by atoms with Crippen molar-refractivity contribution >= 4 is 15.9 Å². The lowest BCUT2D eigenvalue weighted by Crippen LogP contribution is -2.50. The van der Waals surface area contributed by atoms with Crippen LogP contribution in [0.2, 0.25) is 0 Å². The molecule has 2 aliphatic rings. The summed E-state index contributed by atoms with van der Waals surface area (Å²) in [4.78, 5) is 13.7. The average Bonchev–Trinajstić information content (AvgIpc) is 3.17. The Morgan fingerprint density at radius 3 is 2.58 bits per heavy atom. The molecule has 0 spiro atoms. The van der Waals surface area contributed by atoms with Crippen molar-refractivity contribution in [1.29, 1.82) is 0 Å². The zero-order valence-corrected chi connectivity index (χ0v) is 14.7. The minimum Gasteiger partial charge on any atom is -0.377 e. The van der Waals surface area contributed by atoms with Crippen LogP contribution >= 0.6 is 0 Å². The molecule has 3 heterocycles. The van der Waals surface area contributed by atoms with E-state index in [4.69, 9.17) is 10.5 Å². The fourth-order valence-corrected chi connectivity index (χ4v) is 4.79. The zero-order valence-electron chi connectivity index (χ0n) is 13.8. The van der Waals surface area contributed by atoms with E-state index >= 15 is 0 Å². The minimum absolute atomic E-state index is 0.117. The van der Waals surface area contributed by atoms with Crippen molar-refractivity contribution in [3.63, 3.8) is 0 Å². The lowest BCUT2D eigenvalue weighted by molar-refractivity contribution is 0.0617. The summed E-state index contributed by atoms with van der Waals surface area (Å²) < 4.78 is 34.0. The fraction of sp³-hybridized carbons (Fsp3) is 0.667. The molecule has 0 radical (unpaired) electrons. The number of carbonyl (C=O) groups excluding carboxylic acids is 1. The molecule has 2 fully saturated rings. The molecule has 0 aromatic carbocycles. The first-order valence-corrected chi connectivity index (χ1v) is 9.62. The van der Waals surface area contributed by atoms with Crippen molar-refractivity contribution in [2.24, 2.45) is 12.8 Å². The van der Waals surface area contributed by atoms with Gasteiger partial charge in [-0.3, -0.25) is 9.69 Å². The van der Waals surface area contributed by atoms with Gasteiger partial charge < -0.3 is 15.0 Å². The molecule has 0 aliphatic carbocycles. The molecule has 1 atom stereocenters. The van der Waals surface area contributed by atoms with E-state index in [2.05, 4.69) is 4.90 Å². The number of rotatable bonds is 5. The number of nitrogens with zero attached hydrogens (tertiary/aromatic N) is 3. The van der Waals surface area contributed by atoms with Gasteiger partial charge in [-0.05, 0) is 18.9 Å². The van der Waals surface area contributed by atoms with E-state index in [1.54, 1.807) is 7.05 Å². The summed E-state index contributed by atoms with van der Waals surface area (Å²) >= 11 is 0. The lowest BCUT2D eigenvalue weighted by atomic mass is 10.2. The number of ether oxygens (including phenoxy) is 1. The molecule has 8 nitrogen and oxygen atoms in total. The van der Waals surface area contributed by atoms with E-state index in [1.807, 2.05) is 0 Å². The van der Waals surface area contributed by atoms with E-state index in [9.17, 15) is 13.2 Å². The minimum atomic E-state index is -3.60. The number of primary amides is 1. The first-order chi connectivity index (χ1) is 11.4. The quantitative estimate of drug-likeness (QED) is 0.775. The molecule has 3 rings (SSSR count). The van der Waals surface area contributed by atoms with Crippen LogP contribution in [0.15, 0.2) is 17.2 Å². The number of aryl methyl sites for hydroxylation is 1. The molecule has 1 unspecified atom stereocenters. The Bertz CT molecular complexity index is 701. The van der Waals surface area contributed by atoms with Gasteiger partial charge in [-0.1, -0.05) is 0 Å². The monoisotopic (exact) mass is 356 g/mol. The molecule has 1 amide bonds. The third kappa shape index (κ3) is 3.49. The highest BCUT2D eigenvalue weighted by atomic mass is 32.2. The number of nitrogens with two attached hydrogens (primary N) is 1. The van der Waals surface area contributed by atoms with Crippen LogP contribution in [-0.2, 0) is 21.8 Å². The molecular weight excluding hydrogens is 332 g/mol. The number of piperazine rings is 1. The molecule has 9 heteroatoms. The van der Waals surface area contributed by atoms with Crippen LogP contribution < -0.4 is 5.73 Å². The second kappa shape index (κ2) is 6.83. The van der Waals surface area contributed by atoms with Crippen LogP contribution in [0.1, 0.15) is 23.3 Å². The predicted octanol–water partition coefficient (Wildman–Crippen LogP) is -0.391.